The molecular formula is C18H16N2O4S. The zero-order valence-electron chi connectivity index (χ0n) is 13.4. The average molecular weight is 356 g/mol. The monoisotopic (exact) mass is 356 g/mol. The number of hydrogen-bond donors (Lipinski definition) is 2. The van der Waals surface area contributed by atoms with Crippen molar-refractivity contribution in [1.29, 1.82) is 0 Å². The van der Waals surface area contributed by atoms with E-state index >= 15 is 0 Å². The van der Waals surface area contributed by atoms with E-state index in [4.69, 9.17) is 9.15 Å². The minimum Gasteiger partial charge on any atom is -0.495 e. The van der Waals surface area contributed by atoms with Crippen molar-refractivity contribution in [2.45, 2.75) is 4.90 Å². The van der Waals surface area contributed by atoms with Crippen molar-refractivity contribution in [3.05, 3.63) is 67.2 Å². The van der Waals surface area contributed by atoms with Crippen molar-refractivity contribution in [3.8, 4) is 17.1 Å². The second-order valence-corrected chi connectivity index (χ2v) is 6.05. The fraction of sp³-hybridized carbons (Fsp3) is 0.0556. The van der Waals surface area contributed by atoms with E-state index in [1.807, 2.05) is 30.3 Å². The molecule has 0 saturated carbocycles. The number of ether oxygens (including phenoxy) is 1. The summed E-state index contributed by atoms with van der Waals surface area (Å²) in [5.74, 6) is 1.30. The van der Waals surface area contributed by atoms with Crippen LogP contribution >= 0.6 is 0 Å². The number of anilines is 1. The van der Waals surface area contributed by atoms with Crippen LogP contribution in [0.5, 0.6) is 5.75 Å². The summed E-state index contributed by atoms with van der Waals surface area (Å²) in [6, 6.07) is 14.4. The highest BCUT2D eigenvalue weighted by atomic mass is 32.2. The maximum absolute atomic E-state index is 11.4. The Labute approximate surface area is 147 Å². The molecule has 3 rings (SSSR count). The molecule has 1 unspecified atom stereocenters. The van der Waals surface area contributed by atoms with Crippen LogP contribution < -0.4 is 10.1 Å². The van der Waals surface area contributed by atoms with E-state index in [2.05, 4.69) is 16.9 Å². The van der Waals surface area contributed by atoms with Crippen LogP contribution in [-0.4, -0.2) is 20.9 Å². The lowest BCUT2D eigenvalue weighted by Gasteiger charge is -2.10. The van der Waals surface area contributed by atoms with Crippen LogP contribution in [0.4, 0.5) is 5.69 Å². The van der Waals surface area contributed by atoms with Crippen molar-refractivity contribution in [2.75, 3.05) is 12.4 Å². The summed E-state index contributed by atoms with van der Waals surface area (Å²) in [4.78, 5) is 4.38. The zero-order chi connectivity index (χ0) is 17.8. The molecule has 128 valence electrons. The summed E-state index contributed by atoms with van der Waals surface area (Å²) in [5, 5.41) is 3.02. The topological polar surface area (TPSA) is 84.6 Å². The summed E-state index contributed by atoms with van der Waals surface area (Å²) in [5.41, 5.74) is 1.92. The molecule has 3 aromatic rings. The molecule has 25 heavy (non-hydrogen) atoms. The highest BCUT2D eigenvalue weighted by Crippen LogP contribution is 2.28. The van der Waals surface area contributed by atoms with Crippen molar-refractivity contribution in [2.24, 2.45) is 0 Å². The molecule has 0 aliphatic rings. The number of nitrogens with one attached hydrogen (secondary N) is 1. The van der Waals surface area contributed by atoms with Crippen molar-refractivity contribution >= 4 is 22.5 Å². The molecule has 2 aromatic carbocycles. The van der Waals surface area contributed by atoms with Crippen molar-refractivity contribution in [1.82, 2.24) is 4.98 Å². The van der Waals surface area contributed by atoms with Gasteiger partial charge in [-0.25, -0.2) is 9.19 Å². The first-order chi connectivity index (χ1) is 12.1. The quantitative estimate of drug-likeness (QED) is 0.649. The van der Waals surface area contributed by atoms with Gasteiger partial charge in [-0.1, -0.05) is 36.9 Å². The third kappa shape index (κ3) is 3.78. The summed E-state index contributed by atoms with van der Waals surface area (Å²) < 4.78 is 31.5. The lowest BCUT2D eigenvalue weighted by molar-refractivity contribution is 0.402. The van der Waals surface area contributed by atoms with E-state index in [0.717, 1.165) is 5.56 Å². The third-order valence-electron chi connectivity index (χ3n) is 3.47. The Balaban J connectivity index is 1.80. The van der Waals surface area contributed by atoms with Gasteiger partial charge in [-0.15, -0.1) is 0 Å². The summed E-state index contributed by atoms with van der Waals surface area (Å²) in [7, 11) is 1.44. The molecule has 0 radical (unpaired) electrons. The standard InChI is InChI=1S/C18H16N2O4S/c1-12(18-19-11-16(24-18)13-6-4-3-5-7-13)20-14-8-9-15(23-2)17(10-14)25(21)22/h3-11,20H,1H2,2H3,(H,21,22). The number of rotatable bonds is 6. The molecule has 0 aliphatic carbocycles. The van der Waals surface area contributed by atoms with Gasteiger partial charge in [-0.05, 0) is 18.2 Å². The number of oxazole rings is 1. The molecule has 1 aromatic heterocycles. The Morgan fingerprint density at radius 2 is 2.04 bits per heavy atom. The zero-order valence-corrected chi connectivity index (χ0v) is 14.2. The van der Waals surface area contributed by atoms with Gasteiger partial charge in [0.1, 0.15) is 10.6 Å². The van der Waals surface area contributed by atoms with Gasteiger partial charge in [-0.2, -0.15) is 0 Å². The van der Waals surface area contributed by atoms with Crippen LogP contribution in [0.15, 0.2) is 70.6 Å². The minimum atomic E-state index is -2.16. The minimum absolute atomic E-state index is 0.165. The Morgan fingerprint density at radius 3 is 2.72 bits per heavy atom. The molecule has 0 amide bonds. The van der Waals surface area contributed by atoms with Gasteiger partial charge in [-0.3, -0.25) is 0 Å². The van der Waals surface area contributed by atoms with E-state index in [1.54, 1.807) is 18.3 Å². The highest BCUT2D eigenvalue weighted by Gasteiger charge is 2.13. The molecule has 0 bridgehead atoms. The normalized spacial score (nSPS) is 11.8. The Kier molecular flexibility index (Phi) is 4.97. The molecule has 0 aliphatic heterocycles. The van der Waals surface area contributed by atoms with Gasteiger partial charge in [0.2, 0.25) is 5.89 Å². The smallest absolute Gasteiger partial charge is 0.242 e. The van der Waals surface area contributed by atoms with Crippen LogP contribution in [0.2, 0.25) is 0 Å². The van der Waals surface area contributed by atoms with Gasteiger partial charge in [0.05, 0.1) is 19.0 Å². The largest absolute Gasteiger partial charge is 0.495 e. The molecular weight excluding hydrogens is 340 g/mol. The Hall–Kier alpha value is -2.90. The van der Waals surface area contributed by atoms with E-state index in [9.17, 15) is 8.76 Å². The fourth-order valence-electron chi connectivity index (χ4n) is 2.27. The highest BCUT2D eigenvalue weighted by molar-refractivity contribution is 7.79. The third-order valence-corrected chi connectivity index (χ3v) is 4.16. The second-order valence-electron chi connectivity index (χ2n) is 5.11. The molecule has 1 atom stereocenters. The SMILES string of the molecule is C=C(Nc1ccc(OC)c(S(=O)O)c1)c1ncc(-c2ccccc2)o1. The number of hydrogen-bond acceptors (Lipinski definition) is 5. The average Bonchev–Trinajstić information content (AvgIpc) is 3.12. The molecule has 6 nitrogen and oxygen atoms in total. The molecule has 1 heterocycles. The van der Waals surface area contributed by atoms with E-state index < -0.39 is 11.1 Å². The lowest BCUT2D eigenvalue weighted by atomic mass is 10.2. The van der Waals surface area contributed by atoms with Crippen LogP contribution in [0.3, 0.4) is 0 Å². The number of methoxy groups -OCH3 is 1. The lowest BCUT2D eigenvalue weighted by Crippen LogP contribution is -2.00. The van der Waals surface area contributed by atoms with Crippen LogP contribution in [0.1, 0.15) is 5.89 Å². The maximum Gasteiger partial charge on any atom is 0.242 e. The van der Waals surface area contributed by atoms with Crippen LogP contribution in [0.25, 0.3) is 17.0 Å². The van der Waals surface area contributed by atoms with Gasteiger partial charge < -0.3 is 19.0 Å². The number of benzene rings is 2. The molecule has 0 saturated heterocycles. The first kappa shape index (κ1) is 16.9. The maximum atomic E-state index is 11.4. The first-order valence-electron chi connectivity index (χ1n) is 7.35. The van der Waals surface area contributed by atoms with Gasteiger partial charge >= 0.3 is 0 Å². The molecule has 7 heteroatoms. The van der Waals surface area contributed by atoms with E-state index in [-0.39, 0.29) is 4.90 Å². The van der Waals surface area contributed by atoms with Gasteiger partial charge in [0.15, 0.2) is 16.8 Å². The van der Waals surface area contributed by atoms with Gasteiger partial charge in [0, 0.05) is 11.3 Å². The van der Waals surface area contributed by atoms with Crippen molar-refractivity contribution < 1.29 is 17.9 Å². The van der Waals surface area contributed by atoms with Crippen molar-refractivity contribution in [3.63, 3.8) is 0 Å². The summed E-state index contributed by atoms with van der Waals surface area (Å²) in [6.07, 6.45) is 1.62. The second kappa shape index (κ2) is 7.33. The molecule has 2 N–H and O–H groups in total. The van der Waals surface area contributed by atoms with E-state index in [1.165, 1.54) is 13.2 Å². The molecule has 0 spiro atoms. The number of aromatic nitrogens is 1. The molecule has 0 fully saturated rings. The van der Waals surface area contributed by atoms with Crippen LogP contribution in [0, 0.1) is 0 Å². The summed E-state index contributed by atoms with van der Waals surface area (Å²) in [6.45, 7) is 3.91. The summed E-state index contributed by atoms with van der Waals surface area (Å²) >= 11 is -2.16. The fourth-order valence-corrected chi connectivity index (χ4v) is 2.82. The predicted octanol–water partition coefficient (Wildman–Crippen LogP) is 4.01. The Bertz CT molecular complexity index is 922. The van der Waals surface area contributed by atoms with E-state index in [0.29, 0.717) is 28.8 Å². The number of nitrogens with zero attached hydrogens (tertiary/aromatic N) is 1. The Morgan fingerprint density at radius 1 is 1.28 bits per heavy atom. The van der Waals surface area contributed by atoms with Gasteiger partial charge in [0.25, 0.3) is 0 Å². The first-order valence-corrected chi connectivity index (χ1v) is 8.45. The van der Waals surface area contributed by atoms with Crippen LogP contribution in [-0.2, 0) is 11.1 Å². The predicted molar refractivity (Wildman–Crippen MR) is 96.6 cm³/mol.